The highest BCUT2D eigenvalue weighted by Crippen LogP contribution is 2.35. The van der Waals surface area contributed by atoms with Crippen LogP contribution < -0.4 is 5.32 Å². The van der Waals surface area contributed by atoms with Gasteiger partial charge in [0.2, 0.25) is 0 Å². The van der Waals surface area contributed by atoms with Crippen molar-refractivity contribution in [3.63, 3.8) is 0 Å². The molecule has 0 spiro atoms. The van der Waals surface area contributed by atoms with Gasteiger partial charge in [-0.05, 0) is 37.7 Å². The molecule has 0 bridgehead atoms. The van der Waals surface area contributed by atoms with E-state index < -0.39 is 0 Å². The highest BCUT2D eigenvalue weighted by molar-refractivity contribution is 14.0. The largest absolute Gasteiger partial charge is 0.459 e. The van der Waals surface area contributed by atoms with Crippen molar-refractivity contribution in [1.29, 1.82) is 0 Å². The second kappa shape index (κ2) is 11.3. The number of hydrogen-bond acceptors (Lipinski definition) is 4. The van der Waals surface area contributed by atoms with Crippen molar-refractivity contribution in [1.82, 2.24) is 10.2 Å². The number of fused-ring (bicyclic) bond motifs is 1. The monoisotopic (exact) mass is 517 g/mol. The molecule has 1 aromatic heterocycles. The SMILES string of the molecule is CCNC(=NCC1(SCC)CCOCC1)N(C)Cc1cc2ccccc2o1.I. The number of halogens is 1. The van der Waals surface area contributed by atoms with Crippen molar-refractivity contribution in [3.05, 3.63) is 36.1 Å². The minimum Gasteiger partial charge on any atom is -0.459 e. The zero-order chi connectivity index (χ0) is 19.1. The quantitative estimate of drug-likeness (QED) is 0.327. The number of nitrogens with zero attached hydrogens (tertiary/aromatic N) is 2. The van der Waals surface area contributed by atoms with Crippen molar-refractivity contribution in [2.45, 2.75) is 38.0 Å². The van der Waals surface area contributed by atoms with E-state index >= 15 is 0 Å². The first kappa shape index (κ1) is 23.3. The maximum absolute atomic E-state index is 5.97. The fourth-order valence-corrected chi connectivity index (χ4v) is 4.73. The van der Waals surface area contributed by atoms with E-state index in [0.717, 1.165) is 67.6 Å². The number of guanidine groups is 1. The molecule has 1 aliphatic heterocycles. The van der Waals surface area contributed by atoms with Gasteiger partial charge in [0.1, 0.15) is 11.3 Å². The number of para-hydroxylation sites is 1. The minimum atomic E-state index is 0. The van der Waals surface area contributed by atoms with Gasteiger partial charge >= 0.3 is 0 Å². The van der Waals surface area contributed by atoms with E-state index in [1.54, 1.807) is 0 Å². The van der Waals surface area contributed by atoms with Crippen LogP contribution in [0, 0.1) is 0 Å². The Labute approximate surface area is 189 Å². The summed E-state index contributed by atoms with van der Waals surface area (Å²) in [6.45, 7) is 8.38. The van der Waals surface area contributed by atoms with Crippen LogP contribution in [0.1, 0.15) is 32.4 Å². The van der Waals surface area contributed by atoms with Gasteiger partial charge in [-0.1, -0.05) is 25.1 Å². The molecule has 2 heterocycles. The van der Waals surface area contributed by atoms with E-state index in [0.29, 0.717) is 6.54 Å². The second-order valence-corrected chi connectivity index (χ2v) is 8.74. The van der Waals surface area contributed by atoms with Gasteiger partial charge in [-0.15, -0.1) is 24.0 Å². The Balaban J connectivity index is 0.00000280. The number of hydrogen-bond donors (Lipinski definition) is 1. The molecule has 156 valence electrons. The van der Waals surface area contributed by atoms with E-state index in [1.807, 2.05) is 30.0 Å². The first-order valence-electron chi connectivity index (χ1n) is 9.84. The number of nitrogens with one attached hydrogen (secondary N) is 1. The number of thioether (sulfide) groups is 1. The molecule has 1 aliphatic rings. The number of rotatable bonds is 7. The number of aliphatic imine (C=N–C) groups is 1. The van der Waals surface area contributed by atoms with Crippen molar-refractivity contribution < 1.29 is 9.15 Å². The fourth-order valence-electron chi connectivity index (χ4n) is 3.51. The molecule has 0 atom stereocenters. The molecule has 2 aromatic rings. The third-order valence-electron chi connectivity index (χ3n) is 4.94. The van der Waals surface area contributed by atoms with Gasteiger partial charge in [-0.25, -0.2) is 0 Å². The summed E-state index contributed by atoms with van der Waals surface area (Å²) in [5.74, 6) is 2.99. The number of ether oxygens (including phenoxy) is 1. The lowest BCUT2D eigenvalue weighted by molar-refractivity contribution is 0.0793. The van der Waals surface area contributed by atoms with Crippen LogP contribution in [0.25, 0.3) is 11.0 Å². The molecule has 0 radical (unpaired) electrons. The van der Waals surface area contributed by atoms with Crippen molar-refractivity contribution in [2.24, 2.45) is 4.99 Å². The van der Waals surface area contributed by atoms with Crippen molar-refractivity contribution >= 4 is 52.7 Å². The maximum atomic E-state index is 5.97. The molecule has 1 fully saturated rings. The van der Waals surface area contributed by atoms with Gasteiger partial charge in [0, 0.05) is 36.9 Å². The van der Waals surface area contributed by atoms with E-state index in [4.69, 9.17) is 14.1 Å². The predicted molar refractivity (Wildman–Crippen MR) is 130 cm³/mol. The molecule has 0 amide bonds. The average molecular weight is 517 g/mol. The predicted octanol–water partition coefficient (Wildman–Crippen LogP) is 4.75. The molecule has 1 aromatic carbocycles. The lowest BCUT2D eigenvalue weighted by atomic mass is 9.99. The summed E-state index contributed by atoms with van der Waals surface area (Å²) in [4.78, 5) is 7.14. The van der Waals surface area contributed by atoms with E-state index in [2.05, 4.69) is 43.2 Å². The van der Waals surface area contributed by atoms with Gasteiger partial charge in [-0.2, -0.15) is 11.8 Å². The molecule has 5 nitrogen and oxygen atoms in total. The molecule has 3 rings (SSSR count). The Morgan fingerprint density at radius 2 is 2.00 bits per heavy atom. The zero-order valence-electron chi connectivity index (χ0n) is 17.1. The van der Waals surface area contributed by atoms with E-state index in [1.165, 1.54) is 0 Å². The van der Waals surface area contributed by atoms with Gasteiger partial charge in [0.05, 0.1) is 13.1 Å². The molecular formula is C21H32IN3O2S. The molecular weight excluding hydrogens is 485 g/mol. The third kappa shape index (κ3) is 6.03. The summed E-state index contributed by atoms with van der Waals surface area (Å²) < 4.78 is 11.8. The van der Waals surface area contributed by atoms with E-state index in [-0.39, 0.29) is 28.7 Å². The van der Waals surface area contributed by atoms with Crippen LogP contribution in [0.3, 0.4) is 0 Å². The van der Waals surface area contributed by atoms with Gasteiger partial charge < -0.3 is 19.4 Å². The molecule has 1 saturated heterocycles. The van der Waals surface area contributed by atoms with Crippen LogP contribution in [0.2, 0.25) is 0 Å². The number of furan rings is 1. The number of benzene rings is 1. The van der Waals surface area contributed by atoms with Crippen LogP contribution in [0.4, 0.5) is 0 Å². The first-order chi connectivity index (χ1) is 13.2. The summed E-state index contributed by atoms with van der Waals surface area (Å²) in [5.41, 5.74) is 0.934. The summed E-state index contributed by atoms with van der Waals surface area (Å²) in [6, 6.07) is 10.2. The third-order valence-corrected chi connectivity index (χ3v) is 6.38. The molecule has 0 saturated carbocycles. The Kier molecular flexibility index (Phi) is 9.43. The highest BCUT2D eigenvalue weighted by Gasteiger charge is 2.32. The Bertz CT molecular complexity index is 720. The van der Waals surface area contributed by atoms with Crippen LogP contribution >= 0.6 is 35.7 Å². The van der Waals surface area contributed by atoms with Crippen LogP contribution in [-0.2, 0) is 11.3 Å². The average Bonchev–Trinajstić information content (AvgIpc) is 3.08. The highest BCUT2D eigenvalue weighted by atomic mass is 127. The molecule has 0 aliphatic carbocycles. The molecule has 7 heteroatoms. The minimum absolute atomic E-state index is 0. The fraction of sp³-hybridized carbons (Fsp3) is 0.571. The van der Waals surface area contributed by atoms with Crippen molar-refractivity contribution in [2.75, 3.05) is 39.1 Å². The lowest BCUT2D eigenvalue weighted by Gasteiger charge is -2.35. The Morgan fingerprint density at radius 3 is 2.68 bits per heavy atom. The summed E-state index contributed by atoms with van der Waals surface area (Å²) in [6.07, 6.45) is 2.14. The van der Waals surface area contributed by atoms with Gasteiger partial charge in [0.25, 0.3) is 0 Å². The van der Waals surface area contributed by atoms with Gasteiger partial charge in [-0.3, -0.25) is 4.99 Å². The zero-order valence-corrected chi connectivity index (χ0v) is 20.2. The van der Waals surface area contributed by atoms with Crippen molar-refractivity contribution in [3.8, 4) is 0 Å². The van der Waals surface area contributed by atoms with Crippen LogP contribution in [0.15, 0.2) is 39.7 Å². The summed E-state index contributed by atoms with van der Waals surface area (Å²) in [7, 11) is 2.07. The normalized spacial score (nSPS) is 16.6. The smallest absolute Gasteiger partial charge is 0.194 e. The maximum Gasteiger partial charge on any atom is 0.194 e. The second-order valence-electron chi connectivity index (χ2n) is 7.01. The standard InChI is InChI=1S/C21H31N3O2S.HI/c1-4-22-20(23-16-21(27-5-2)10-12-25-13-11-21)24(3)15-18-14-17-8-6-7-9-19(17)26-18;/h6-9,14H,4-5,10-13,15-16H2,1-3H3,(H,22,23);1H. The van der Waals surface area contributed by atoms with Gasteiger partial charge in [0.15, 0.2) is 5.96 Å². The topological polar surface area (TPSA) is 50.0 Å². The summed E-state index contributed by atoms with van der Waals surface area (Å²) in [5, 5.41) is 4.57. The molecule has 0 unspecified atom stereocenters. The van der Waals surface area contributed by atoms with Crippen LogP contribution in [0.5, 0.6) is 0 Å². The van der Waals surface area contributed by atoms with Crippen LogP contribution in [-0.4, -0.2) is 54.7 Å². The molecule has 28 heavy (non-hydrogen) atoms. The Hall–Kier alpha value is -0.930. The lowest BCUT2D eigenvalue weighted by Crippen LogP contribution is -2.41. The molecule has 1 N–H and O–H groups in total. The first-order valence-corrected chi connectivity index (χ1v) is 10.8. The Morgan fingerprint density at radius 1 is 1.25 bits per heavy atom. The van der Waals surface area contributed by atoms with E-state index in [9.17, 15) is 0 Å². The summed E-state index contributed by atoms with van der Waals surface area (Å²) >= 11 is 2.03.